The van der Waals surface area contributed by atoms with Crippen molar-refractivity contribution in [1.82, 2.24) is 4.90 Å². The van der Waals surface area contributed by atoms with E-state index in [-0.39, 0.29) is 12.1 Å². The fraction of sp³-hybridized carbons (Fsp3) is 0.773. The molecule has 25 heavy (non-hydrogen) atoms. The van der Waals surface area contributed by atoms with Gasteiger partial charge in [0.2, 0.25) is 0 Å². The third kappa shape index (κ3) is 6.29. The van der Waals surface area contributed by atoms with Gasteiger partial charge >= 0.3 is 5.97 Å². The van der Waals surface area contributed by atoms with Gasteiger partial charge in [-0.3, -0.25) is 9.69 Å². The van der Waals surface area contributed by atoms with Crippen LogP contribution in [0.1, 0.15) is 85.0 Å². The molecule has 2 aliphatic rings. The van der Waals surface area contributed by atoms with Crippen LogP contribution in [-0.4, -0.2) is 35.1 Å². The number of carbonyl (C=O) groups is 1. The van der Waals surface area contributed by atoms with Crippen molar-refractivity contribution < 1.29 is 9.53 Å². The Balaban J connectivity index is 1.87. The average Bonchev–Trinajstić information content (AvgIpc) is 2.59. The van der Waals surface area contributed by atoms with Gasteiger partial charge in [-0.1, -0.05) is 56.9 Å². The number of unbranched alkanes of at least 4 members (excludes halogenated alkanes) is 4. The molecule has 0 N–H and O–H groups in total. The van der Waals surface area contributed by atoms with Crippen molar-refractivity contribution in [3.05, 3.63) is 24.3 Å². The molecule has 2 fully saturated rings. The van der Waals surface area contributed by atoms with Gasteiger partial charge < -0.3 is 4.74 Å². The summed E-state index contributed by atoms with van der Waals surface area (Å²) in [6, 6.07) is 1.45. The highest BCUT2D eigenvalue weighted by Crippen LogP contribution is 2.35. The maximum absolute atomic E-state index is 11.4. The smallest absolute Gasteiger partial charge is 0.302 e. The van der Waals surface area contributed by atoms with Gasteiger partial charge in [0.25, 0.3) is 0 Å². The molecule has 0 aromatic heterocycles. The van der Waals surface area contributed by atoms with Gasteiger partial charge in [-0.25, -0.2) is 0 Å². The first-order valence-electron chi connectivity index (χ1n) is 10.4. The molecule has 0 aromatic rings. The fourth-order valence-electron chi connectivity index (χ4n) is 4.47. The van der Waals surface area contributed by atoms with E-state index in [4.69, 9.17) is 4.74 Å². The minimum Gasteiger partial charge on any atom is -0.461 e. The molecule has 2 saturated heterocycles. The Morgan fingerprint density at radius 1 is 1.12 bits per heavy atom. The molecule has 2 heterocycles. The number of hydrogen-bond acceptors (Lipinski definition) is 3. The first kappa shape index (κ1) is 20.2. The van der Waals surface area contributed by atoms with Crippen LogP contribution >= 0.6 is 0 Å². The minimum absolute atomic E-state index is 0.0526. The lowest BCUT2D eigenvalue weighted by Gasteiger charge is -2.50. The molecule has 0 amide bonds. The Hall–Kier alpha value is -1.09. The van der Waals surface area contributed by atoms with Crippen LogP contribution in [0.25, 0.3) is 0 Å². The summed E-state index contributed by atoms with van der Waals surface area (Å²) in [5.74, 6) is -0.148. The second kappa shape index (κ2) is 10.8. The Morgan fingerprint density at radius 3 is 2.72 bits per heavy atom. The second-order valence-electron chi connectivity index (χ2n) is 7.73. The standard InChI is InChI=1S/C22H37NO2/c1-4-5-6-7-8-9-10-11-13-20-14-12-15-21-16-17-22(25-19(3)24)18(2)23(20)21/h9-11,13,18,20-22H,4-8,12,14-17H2,1-3H3/b10-9+,13-11+/t18-,20+,21-,22+/m0/s1. The summed E-state index contributed by atoms with van der Waals surface area (Å²) in [5, 5.41) is 0. The normalized spacial score (nSPS) is 30.7. The second-order valence-corrected chi connectivity index (χ2v) is 7.73. The average molecular weight is 348 g/mol. The number of nitrogens with zero attached hydrogens (tertiary/aromatic N) is 1. The first-order valence-corrected chi connectivity index (χ1v) is 10.4. The van der Waals surface area contributed by atoms with Crippen LogP contribution in [0.3, 0.4) is 0 Å². The first-order chi connectivity index (χ1) is 12.1. The molecule has 0 saturated carbocycles. The van der Waals surface area contributed by atoms with E-state index in [1.165, 1.54) is 58.3 Å². The van der Waals surface area contributed by atoms with Crippen LogP contribution in [0.2, 0.25) is 0 Å². The molecule has 3 heteroatoms. The van der Waals surface area contributed by atoms with Gasteiger partial charge in [0.1, 0.15) is 6.10 Å². The Bertz CT molecular complexity index is 457. The zero-order chi connectivity index (χ0) is 18.1. The molecule has 0 radical (unpaired) electrons. The van der Waals surface area contributed by atoms with E-state index < -0.39 is 0 Å². The van der Waals surface area contributed by atoms with E-state index in [1.54, 1.807) is 0 Å². The topological polar surface area (TPSA) is 29.5 Å². The summed E-state index contributed by atoms with van der Waals surface area (Å²) in [5.41, 5.74) is 0. The van der Waals surface area contributed by atoms with Crippen LogP contribution in [0.5, 0.6) is 0 Å². The molecule has 2 rings (SSSR count). The van der Waals surface area contributed by atoms with Gasteiger partial charge in [-0.15, -0.1) is 0 Å². The van der Waals surface area contributed by atoms with Gasteiger partial charge in [0.05, 0.1) is 0 Å². The lowest BCUT2D eigenvalue weighted by atomic mass is 9.84. The van der Waals surface area contributed by atoms with Crippen molar-refractivity contribution in [2.75, 3.05) is 0 Å². The number of allylic oxidation sites excluding steroid dienone is 3. The van der Waals surface area contributed by atoms with Crippen LogP contribution < -0.4 is 0 Å². The molecule has 2 aliphatic heterocycles. The maximum atomic E-state index is 11.4. The fourth-order valence-corrected chi connectivity index (χ4v) is 4.47. The van der Waals surface area contributed by atoms with Crippen molar-refractivity contribution >= 4 is 5.97 Å². The number of fused-ring (bicyclic) bond motifs is 1. The molecule has 0 bridgehead atoms. The van der Waals surface area contributed by atoms with Crippen LogP contribution in [0.4, 0.5) is 0 Å². The lowest BCUT2D eigenvalue weighted by molar-refractivity contribution is -0.155. The summed E-state index contributed by atoms with van der Waals surface area (Å²) >= 11 is 0. The quantitative estimate of drug-likeness (QED) is 0.334. The third-order valence-electron chi connectivity index (χ3n) is 5.76. The van der Waals surface area contributed by atoms with E-state index in [9.17, 15) is 4.79 Å². The number of piperidine rings is 2. The molecular weight excluding hydrogens is 310 g/mol. The van der Waals surface area contributed by atoms with Crippen molar-refractivity contribution in [3.8, 4) is 0 Å². The molecule has 0 spiro atoms. The van der Waals surface area contributed by atoms with Gasteiger partial charge in [-0.2, -0.15) is 0 Å². The van der Waals surface area contributed by atoms with E-state index >= 15 is 0 Å². The zero-order valence-corrected chi connectivity index (χ0v) is 16.5. The van der Waals surface area contributed by atoms with E-state index in [2.05, 4.69) is 43.1 Å². The minimum atomic E-state index is -0.148. The number of carbonyl (C=O) groups excluding carboxylic acids is 1. The monoisotopic (exact) mass is 347 g/mol. The van der Waals surface area contributed by atoms with Gasteiger partial charge in [0.15, 0.2) is 0 Å². The van der Waals surface area contributed by atoms with Crippen molar-refractivity contribution in [1.29, 1.82) is 0 Å². The zero-order valence-electron chi connectivity index (χ0n) is 16.5. The van der Waals surface area contributed by atoms with Crippen LogP contribution in [-0.2, 0) is 9.53 Å². The Labute approximate surface area is 154 Å². The van der Waals surface area contributed by atoms with E-state index in [0.717, 1.165) is 12.8 Å². The summed E-state index contributed by atoms with van der Waals surface area (Å²) < 4.78 is 5.57. The number of esters is 1. The Morgan fingerprint density at radius 2 is 1.96 bits per heavy atom. The predicted octanol–water partition coefficient (Wildman–Crippen LogP) is 5.41. The summed E-state index contributed by atoms with van der Waals surface area (Å²) in [4.78, 5) is 14.0. The maximum Gasteiger partial charge on any atom is 0.302 e. The number of ether oxygens (including phenoxy) is 1. The van der Waals surface area contributed by atoms with Crippen LogP contribution in [0, 0.1) is 0 Å². The molecule has 3 nitrogen and oxygen atoms in total. The number of hydrogen-bond donors (Lipinski definition) is 0. The Kier molecular flexibility index (Phi) is 8.74. The van der Waals surface area contributed by atoms with Crippen molar-refractivity contribution in [2.24, 2.45) is 0 Å². The highest BCUT2D eigenvalue weighted by Gasteiger charge is 2.40. The van der Waals surface area contributed by atoms with Crippen LogP contribution in [0.15, 0.2) is 24.3 Å². The summed E-state index contributed by atoms with van der Waals surface area (Å²) in [7, 11) is 0. The van der Waals surface area contributed by atoms with Gasteiger partial charge in [-0.05, 0) is 45.4 Å². The van der Waals surface area contributed by atoms with Crippen molar-refractivity contribution in [3.63, 3.8) is 0 Å². The molecule has 0 aliphatic carbocycles. The summed E-state index contributed by atoms with van der Waals surface area (Å²) in [6.45, 7) is 6.01. The highest BCUT2D eigenvalue weighted by atomic mass is 16.5. The predicted molar refractivity (Wildman–Crippen MR) is 105 cm³/mol. The third-order valence-corrected chi connectivity index (χ3v) is 5.76. The highest BCUT2D eigenvalue weighted by molar-refractivity contribution is 5.66. The van der Waals surface area contributed by atoms with Gasteiger partial charge in [0, 0.05) is 25.0 Å². The lowest BCUT2D eigenvalue weighted by Crippen LogP contribution is -2.58. The molecular formula is C22H37NO2. The molecule has 0 aromatic carbocycles. The van der Waals surface area contributed by atoms with E-state index in [1.807, 2.05) is 0 Å². The molecule has 4 atom stereocenters. The molecule has 0 unspecified atom stereocenters. The van der Waals surface area contributed by atoms with E-state index in [0.29, 0.717) is 18.1 Å². The summed E-state index contributed by atoms with van der Waals surface area (Å²) in [6.07, 6.45) is 21.6. The number of rotatable bonds is 8. The largest absolute Gasteiger partial charge is 0.461 e. The van der Waals surface area contributed by atoms with Crippen molar-refractivity contribution in [2.45, 2.75) is 109 Å². The SMILES string of the molecule is CCCCCC/C=C/C=C/[C@@H]1CCC[C@H]2CC[C@@H](OC(C)=O)[C@H](C)N21. The molecule has 142 valence electrons.